The predicted octanol–water partition coefficient (Wildman–Crippen LogP) is 3.74. The van der Waals surface area contributed by atoms with Crippen LogP contribution in [0, 0.1) is 0 Å². The zero-order valence-electron chi connectivity index (χ0n) is 16.1. The number of rotatable bonds is 4. The van der Waals surface area contributed by atoms with E-state index < -0.39 is 0 Å². The van der Waals surface area contributed by atoms with Crippen molar-refractivity contribution in [3.63, 3.8) is 0 Å². The Morgan fingerprint density at radius 3 is 2.59 bits per heavy atom. The number of hydrogen-bond donors (Lipinski definition) is 1. The van der Waals surface area contributed by atoms with Gasteiger partial charge in [-0.3, -0.25) is 14.6 Å². The van der Waals surface area contributed by atoms with Crippen LogP contribution in [0.4, 0.5) is 0 Å². The number of hydrogen-bond acceptors (Lipinski definition) is 4. The molecule has 3 aromatic rings. The largest absolute Gasteiger partial charge is 0.472 e. The molecule has 3 heterocycles. The van der Waals surface area contributed by atoms with E-state index in [9.17, 15) is 9.59 Å². The second-order valence-electron chi connectivity index (χ2n) is 7.94. The molecule has 29 heavy (non-hydrogen) atoms. The lowest BCUT2D eigenvalue weighted by molar-refractivity contribution is 0.0697. The van der Waals surface area contributed by atoms with E-state index in [-0.39, 0.29) is 17.9 Å². The molecule has 1 N–H and O–H groups in total. The third-order valence-electron chi connectivity index (χ3n) is 5.86. The fourth-order valence-corrected chi connectivity index (χ4v) is 4.03. The molecule has 148 valence electrons. The average molecular weight is 389 g/mol. The monoisotopic (exact) mass is 389 g/mol. The molecular formula is C23H23N3O3. The van der Waals surface area contributed by atoms with E-state index in [0.29, 0.717) is 30.1 Å². The standard InChI is InChI=1S/C23H23N3O3/c27-22(19-13-21(15-5-6-15)25-20-4-2-1-3-18(19)20)24-17-7-10-26(11-8-17)23(28)16-9-12-29-14-16/h1-4,9,12-15,17H,5-8,10-11H2,(H,24,27). The number of aromatic nitrogens is 1. The van der Waals surface area contributed by atoms with Crippen molar-refractivity contribution in [2.75, 3.05) is 13.1 Å². The lowest BCUT2D eigenvalue weighted by Crippen LogP contribution is -2.46. The number of likely N-dealkylation sites (tertiary alicyclic amines) is 1. The van der Waals surface area contributed by atoms with E-state index in [4.69, 9.17) is 9.40 Å². The number of amides is 2. The van der Waals surface area contributed by atoms with Crippen LogP contribution in [-0.4, -0.2) is 40.8 Å². The van der Waals surface area contributed by atoms with Crippen LogP contribution in [0.25, 0.3) is 10.9 Å². The second-order valence-corrected chi connectivity index (χ2v) is 7.94. The van der Waals surface area contributed by atoms with Crippen molar-refractivity contribution < 1.29 is 14.0 Å². The number of nitrogens with zero attached hydrogens (tertiary/aromatic N) is 2. The molecule has 1 aromatic carbocycles. The van der Waals surface area contributed by atoms with Crippen molar-refractivity contribution in [3.8, 4) is 0 Å². The first-order valence-corrected chi connectivity index (χ1v) is 10.2. The Labute approximate surface area is 168 Å². The molecule has 1 saturated heterocycles. The summed E-state index contributed by atoms with van der Waals surface area (Å²) in [5.41, 5.74) is 3.18. The Morgan fingerprint density at radius 2 is 1.86 bits per heavy atom. The summed E-state index contributed by atoms with van der Waals surface area (Å²) in [5.74, 6) is 0.422. The fourth-order valence-electron chi connectivity index (χ4n) is 4.03. The Morgan fingerprint density at radius 1 is 1.07 bits per heavy atom. The molecule has 0 bridgehead atoms. The molecule has 1 aliphatic carbocycles. The Bertz CT molecular complexity index is 1050. The third-order valence-corrected chi connectivity index (χ3v) is 5.86. The molecule has 0 radical (unpaired) electrons. The molecule has 2 amide bonds. The number of carbonyl (C=O) groups excluding carboxylic acids is 2. The van der Waals surface area contributed by atoms with Crippen molar-refractivity contribution in [2.45, 2.75) is 37.6 Å². The summed E-state index contributed by atoms with van der Waals surface area (Å²) in [7, 11) is 0. The van der Waals surface area contributed by atoms with Gasteiger partial charge in [0.25, 0.3) is 11.8 Å². The Kier molecular flexibility index (Phi) is 4.54. The van der Waals surface area contributed by atoms with Crippen LogP contribution in [0.3, 0.4) is 0 Å². The van der Waals surface area contributed by atoms with Crippen molar-refractivity contribution in [1.29, 1.82) is 0 Å². The van der Waals surface area contributed by atoms with Crippen LogP contribution in [0.5, 0.6) is 0 Å². The Hall–Kier alpha value is -3.15. The van der Waals surface area contributed by atoms with Crippen LogP contribution in [0.1, 0.15) is 58.0 Å². The molecule has 0 unspecified atom stereocenters. The highest BCUT2D eigenvalue weighted by atomic mass is 16.3. The lowest BCUT2D eigenvalue weighted by atomic mass is 10.0. The molecule has 0 atom stereocenters. The fraction of sp³-hybridized carbons (Fsp3) is 0.348. The molecule has 1 saturated carbocycles. The van der Waals surface area contributed by atoms with Gasteiger partial charge in [0, 0.05) is 36.1 Å². The topological polar surface area (TPSA) is 75.4 Å². The molecular weight excluding hydrogens is 366 g/mol. The highest BCUT2D eigenvalue weighted by Crippen LogP contribution is 2.40. The zero-order valence-corrected chi connectivity index (χ0v) is 16.1. The van der Waals surface area contributed by atoms with Gasteiger partial charge < -0.3 is 14.6 Å². The minimum Gasteiger partial charge on any atom is -0.472 e. The van der Waals surface area contributed by atoms with Gasteiger partial charge in [-0.05, 0) is 43.9 Å². The second kappa shape index (κ2) is 7.35. The molecule has 1 aliphatic heterocycles. The quantitative estimate of drug-likeness (QED) is 0.738. The molecule has 2 fully saturated rings. The van der Waals surface area contributed by atoms with E-state index in [2.05, 4.69) is 5.32 Å². The van der Waals surface area contributed by atoms with Gasteiger partial charge in [-0.2, -0.15) is 0 Å². The van der Waals surface area contributed by atoms with Crippen molar-refractivity contribution >= 4 is 22.7 Å². The third kappa shape index (κ3) is 3.62. The number of piperidine rings is 1. The van der Waals surface area contributed by atoms with E-state index in [1.165, 1.54) is 12.5 Å². The molecule has 5 rings (SSSR count). The molecule has 2 aromatic heterocycles. The molecule has 0 spiro atoms. The van der Waals surface area contributed by atoms with E-state index in [0.717, 1.165) is 42.3 Å². The smallest absolute Gasteiger partial charge is 0.257 e. The maximum atomic E-state index is 13.1. The van der Waals surface area contributed by atoms with E-state index in [1.54, 1.807) is 6.07 Å². The van der Waals surface area contributed by atoms with Gasteiger partial charge in [0.15, 0.2) is 0 Å². The number of fused-ring (bicyclic) bond motifs is 1. The van der Waals surface area contributed by atoms with Crippen LogP contribution in [0.15, 0.2) is 53.3 Å². The number of benzene rings is 1. The summed E-state index contributed by atoms with van der Waals surface area (Å²) >= 11 is 0. The van der Waals surface area contributed by atoms with Gasteiger partial charge in [0.1, 0.15) is 6.26 Å². The number of nitrogens with one attached hydrogen (secondary N) is 1. The summed E-state index contributed by atoms with van der Waals surface area (Å²) in [6.07, 6.45) is 6.77. The summed E-state index contributed by atoms with van der Waals surface area (Å²) in [6.45, 7) is 1.25. The van der Waals surface area contributed by atoms with E-state index >= 15 is 0 Å². The van der Waals surface area contributed by atoms with Crippen LogP contribution >= 0.6 is 0 Å². The zero-order chi connectivity index (χ0) is 19.8. The summed E-state index contributed by atoms with van der Waals surface area (Å²) in [4.78, 5) is 32.1. The van der Waals surface area contributed by atoms with Crippen molar-refractivity contribution in [1.82, 2.24) is 15.2 Å². The van der Waals surface area contributed by atoms with Gasteiger partial charge in [-0.15, -0.1) is 0 Å². The number of para-hydroxylation sites is 1. The summed E-state index contributed by atoms with van der Waals surface area (Å²) in [5, 5.41) is 4.08. The summed E-state index contributed by atoms with van der Waals surface area (Å²) < 4.78 is 5.01. The maximum absolute atomic E-state index is 13.1. The van der Waals surface area contributed by atoms with Crippen LogP contribution < -0.4 is 5.32 Å². The van der Waals surface area contributed by atoms with Gasteiger partial charge in [0.2, 0.25) is 0 Å². The molecule has 6 nitrogen and oxygen atoms in total. The van der Waals surface area contributed by atoms with Gasteiger partial charge >= 0.3 is 0 Å². The summed E-state index contributed by atoms with van der Waals surface area (Å²) in [6, 6.07) is 11.5. The average Bonchev–Trinajstić information content (AvgIpc) is 3.47. The number of furan rings is 1. The first kappa shape index (κ1) is 17.9. The van der Waals surface area contributed by atoms with Gasteiger partial charge in [-0.25, -0.2) is 0 Å². The normalized spacial score (nSPS) is 17.4. The van der Waals surface area contributed by atoms with Crippen molar-refractivity contribution in [2.24, 2.45) is 0 Å². The first-order chi connectivity index (χ1) is 14.2. The lowest BCUT2D eigenvalue weighted by Gasteiger charge is -2.32. The predicted molar refractivity (Wildman–Crippen MR) is 109 cm³/mol. The van der Waals surface area contributed by atoms with E-state index in [1.807, 2.05) is 35.2 Å². The maximum Gasteiger partial charge on any atom is 0.257 e. The van der Waals surface area contributed by atoms with Crippen LogP contribution in [-0.2, 0) is 0 Å². The van der Waals surface area contributed by atoms with Gasteiger partial charge in [-0.1, -0.05) is 18.2 Å². The molecule has 2 aliphatic rings. The SMILES string of the molecule is O=C(NC1CCN(C(=O)c2ccoc2)CC1)c1cc(C2CC2)nc2ccccc12. The van der Waals surface area contributed by atoms with Gasteiger partial charge in [0.05, 0.1) is 22.9 Å². The number of pyridine rings is 1. The minimum atomic E-state index is -0.0508. The highest BCUT2D eigenvalue weighted by Gasteiger charge is 2.28. The minimum absolute atomic E-state index is 0.0160. The molecule has 6 heteroatoms. The number of carbonyl (C=O) groups is 2. The first-order valence-electron chi connectivity index (χ1n) is 10.2. The van der Waals surface area contributed by atoms with Crippen molar-refractivity contribution in [3.05, 3.63) is 65.7 Å². The highest BCUT2D eigenvalue weighted by molar-refractivity contribution is 6.06. The Balaban J connectivity index is 1.28. The van der Waals surface area contributed by atoms with Crippen LogP contribution in [0.2, 0.25) is 0 Å².